The Balaban J connectivity index is 1.80. The van der Waals surface area contributed by atoms with E-state index in [9.17, 15) is 13.2 Å². The Kier molecular flexibility index (Phi) is 5.71. The van der Waals surface area contributed by atoms with Gasteiger partial charge in [0, 0.05) is 18.8 Å². The number of anilines is 1. The molecule has 1 aromatic heterocycles. The number of thiophene rings is 1. The van der Waals surface area contributed by atoms with Gasteiger partial charge in [-0.3, -0.25) is 4.79 Å². The van der Waals surface area contributed by atoms with Crippen LogP contribution in [0.4, 0.5) is 5.69 Å². The molecule has 0 unspecified atom stereocenters. The number of rotatable bonds is 4. The van der Waals surface area contributed by atoms with Gasteiger partial charge in [0.25, 0.3) is 5.91 Å². The average molecular weight is 409 g/mol. The highest BCUT2D eigenvalue weighted by molar-refractivity contribution is 7.89. The van der Waals surface area contributed by atoms with E-state index in [1.165, 1.54) is 10.4 Å². The van der Waals surface area contributed by atoms with E-state index >= 15 is 0 Å². The normalized spacial score (nSPS) is 16.3. The van der Waals surface area contributed by atoms with E-state index in [4.69, 9.17) is 4.74 Å². The van der Waals surface area contributed by atoms with Crippen molar-refractivity contribution in [1.29, 1.82) is 0 Å². The predicted molar refractivity (Wildman–Crippen MR) is 107 cm³/mol. The van der Waals surface area contributed by atoms with Crippen LogP contribution in [-0.4, -0.2) is 44.9 Å². The molecule has 0 bridgehead atoms. The van der Waals surface area contributed by atoms with Crippen LogP contribution in [0.5, 0.6) is 0 Å². The van der Waals surface area contributed by atoms with Gasteiger partial charge in [0.15, 0.2) is 0 Å². The van der Waals surface area contributed by atoms with Crippen LogP contribution in [0.25, 0.3) is 0 Å². The summed E-state index contributed by atoms with van der Waals surface area (Å²) in [6.07, 6.45) is 0. The van der Waals surface area contributed by atoms with Gasteiger partial charge in [-0.05, 0) is 34.6 Å². The number of carbonyl (C=O) groups is 1. The summed E-state index contributed by atoms with van der Waals surface area (Å²) >= 11 is 1.13. The Morgan fingerprint density at radius 1 is 1.11 bits per heavy atom. The molecule has 27 heavy (non-hydrogen) atoms. The summed E-state index contributed by atoms with van der Waals surface area (Å²) < 4.78 is 32.3. The van der Waals surface area contributed by atoms with E-state index in [-0.39, 0.29) is 15.2 Å². The third-order valence-electron chi connectivity index (χ3n) is 4.43. The molecule has 8 heteroatoms. The number of ether oxygens (including phenoxy) is 1. The first-order chi connectivity index (χ1) is 12.7. The molecule has 2 heterocycles. The van der Waals surface area contributed by atoms with Crippen molar-refractivity contribution in [1.82, 2.24) is 4.31 Å². The third kappa shape index (κ3) is 4.40. The zero-order valence-electron chi connectivity index (χ0n) is 15.7. The Hall–Kier alpha value is -1.74. The molecule has 1 aliphatic heterocycles. The number of benzene rings is 1. The van der Waals surface area contributed by atoms with Gasteiger partial charge in [0.05, 0.1) is 13.2 Å². The molecule has 1 fully saturated rings. The highest BCUT2D eigenvalue weighted by atomic mass is 32.2. The van der Waals surface area contributed by atoms with Crippen LogP contribution in [0.1, 0.15) is 36.0 Å². The van der Waals surface area contributed by atoms with Crippen molar-refractivity contribution >= 4 is 33.0 Å². The quantitative estimate of drug-likeness (QED) is 0.842. The molecule has 3 rings (SSSR count). The van der Waals surface area contributed by atoms with E-state index in [0.29, 0.717) is 32.0 Å². The largest absolute Gasteiger partial charge is 0.379 e. The van der Waals surface area contributed by atoms with Crippen LogP contribution in [0.3, 0.4) is 0 Å². The number of morpholine rings is 1. The smallest absolute Gasteiger partial charge is 0.267 e. The first-order valence-corrected chi connectivity index (χ1v) is 11.1. The van der Waals surface area contributed by atoms with E-state index < -0.39 is 15.9 Å². The Morgan fingerprint density at radius 3 is 2.33 bits per heavy atom. The van der Waals surface area contributed by atoms with Gasteiger partial charge in [0.1, 0.15) is 9.77 Å². The van der Waals surface area contributed by atoms with Gasteiger partial charge in [-0.1, -0.05) is 32.9 Å². The van der Waals surface area contributed by atoms with Crippen molar-refractivity contribution in [2.45, 2.75) is 31.1 Å². The lowest BCUT2D eigenvalue weighted by molar-refractivity contribution is 0.0730. The Morgan fingerprint density at radius 2 is 1.74 bits per heavy atom. The molecule has 1 aromatic carbocycles. The number of hydrogen-bond donors (Lipinski definition) is 1. The molecule has 0 atom stereocenters. The van der Waals surface area contributed by atoms with Gasteiger partial charge >= 0.3 is 0 Å². The molecule has 1 amide bonds. The molecule has 146 valence electrons. The molecule has 0 radical (unpaired) electrons. The lowest BCUT2D eigenvalue weighted by Crippen LogP contribution is -2.41. The second-order valence-corrected chi connectivity index (χ2v) is 10.2. The van der Waals surface area contributed by atoms with Crippen LogP contribution in [0.2, 0.25) is 0 Å². The van der Waals surface area contributed by atoms with Crippen molar-refractivity contribution in [2.24, 2.45) is 0 Å². The van der Waals surface area contributed by atoms with Crippen molar-refractivity contribution in [3.05, 3.63) is 46.2 Å². The highest BCUT2D eigenvalue weighted by Gasteiger charge is 2.31. The monoisotopic (exact) mass is 408 g/mol. The number of sulfonamides is 1. The molecular weight excluding hydrogens is 384 g/mol. The van der Waals surface area contributed by atoms with Gasteiger partial charge in [-0.2, -0.15) is 4.31 Å². The zero-order chi connectivity index (χ0) is 19.7. The lowest BCUT2D eigenvalue weighted by Gasteiger charge is -2.26. The maximum Gasteiger partial charge on any atom is 0.267 e. The summed E-state index contributed by atoms with van der Waals surface area (Å²) in [4.78, 5) is 12.9. The van der Waals surface area contributed by atoms with Crippen molar-refractivity contribution in [3.8, 4) is 0 Å². The van der Waals surface area contributed by atoms with Crippen LogP contribution >= 0.6 is 11.3 Å². The SMILES string of the molecule is CC(C)(C)c1ccc(NC(=O)c2sccc2S(=O)(=O)N2CCOCC2)cc1. The van der Waals surface area contributed by atoms with Crippen LogP contribution in [0.15, 0.2) is 40.6 Å². The maximum absolute atomic E-state index is 12.9. The summed E-state index contributed by atoms with van der Waals surface area (Å²) in [5.41, 5.74) is 1.82. The summed E-state index contributed by atoms with van der Waals surface area (Å²) in [7, 11) is -3.71. The molecule has 0 spiro atoms. The van der Waals surface area contributed by atoms with Gasteiger partial charge < -0.3 is 10.1 Å². The summed E-state index contributed by atoms with van der Waals surface area (Å²) in [5, 5.41) is 4.43. The summed E-state index contributed by atoms with van der Waals surface area (Å²) in [6, 6.07) is 9.10. The number of amides is 1. The molecule has 1 N–H and O–H groups in total. The minimum Gasteiger partial charge on any atom is -0.379 e. The van der Waals surface area contributed by atoms with E-state index in [2.05, 4.69) is 26.1 Å². The van der Waals surface area contributed by atoms with E-state index in [1.807, 2.05) is 24.3 Å². The minimum absolute atomic E-state index is 0.0235. The van der Waals surface area contributed by atoms with E-state index in [0.717, 1.165) is 16.9 Å². The van der Waals surface area contributed by atoms with Gasteiger partial charge in [-0.15, -0.1) is 11.3 Å². The topological polar surface area (TPSA) is 75.7 Å². The summed E-state index contributed by atoms with van der Waals surface area (Å²) in [5.74, 6) is -0.416. The van der Waals surface area contributed by atoms with Crippen molar-refractivity contribution < 1.29 is 17.9 Å². The highest BCUT2D eigenvalue weighted by Crippen LogP contribution is 2.28. The zero-order valence-corrected chi connectivity index (χ0v) is 17.3. The fourth-order valence-electron chi connectivity index (χ4n) is 2.83. The molecular formula is C19H24N2O4S2. The average Bonchev–Trinajstić information content (AvgIpc) is 3.13. The number of nitrogens with one attached hydrogen (secondary N) is 1. The van der Waals surface area contributed by atoms with Crippen molar-refractivity contribution in [2.75, 3.05) is 31.6 Å². The molecule has 2 aromatic rings. The molecule has 1 saturated heterocycles. The third-order valence-corrected chi connectivity index (χ3v) is 7.42. The van der Waals surface area contributed by atoms with Crippen LogP contribution in [0, 0.1) is 0 Å². The molecule has 1 aliphatic rings. The summed E-state index contributed by atoms with van der Waals surface area (Å²) in [6.45, 7) is 7.69. The molecule has 0 aliphatic carbocycles. The van der Waals surface area contributed by atoms with Gasteiger partial charge in [0.2, 0.25) is 10.0 Å². The van der Waals surface area contributed by atoms with Crippen LogP contribution < -0.4 is 5.32 Å². The Bertz CT molecular complexity index is 906. The molecule has 0 saturated carbocycles. The number of carbonyl (C=O) groups excluding carboxylic acids is 1. The van der Waals surface area contributed by atoms with Crippen molar-refractivity contribution in [3.63, 3.8) is 0 Å². The standard InChI is InChI=1S/C19H24N2O4S2/c1-19(2,3)14-4-6-15(7-5-14)20-18(22)17-16(8-13-26-17)27(23,24)21-9-11-25-12-10-21/h4-8,13H,9-12H2,1-3H3,(H,20,22). The van der Waals surface area contributed by atoms with Gasteiger partial charge in [-0.25, -0.2) is 8.42 Å². The number of nitrogens with zero attached hydrogens (tertiary/aromatic N) is 1. The fourth-order valence-corrected chi connectivity index (χ4v) is 5.54. The second-order valence-electron chi connectivity index (χ2n) is 7.41. The van der Waals surface area contributed by atoms with E-state index in [1.54, 1.807) is 5.38 Å². The minimum atomic E-state index is -3.71. The predicted octanol–water partition coefficient (Wildman–Crippen LogP) is 3.32. The van der Waals surface area contributed by atoms with Crippen LogP contribution in [-0.2, 0) is 20.2 Å². The first kappa shape index (κ1) is 20.0. The lowest BCUT2D eigenvalue weighted by atomic mass is 9.87. The maximum atomic E-state index is 12.9. The fraction of sp³-hybridized carbons (Fsp3) is 0.421. The second kappa shape index (κ2) is 7.71. The Labute approximate surface area is 164 Å². The number of hydrogen-bond acceptors (Lipinski definition) is 5. The first-order valence-electron chi connectivity index (χ1n) is 8.77. The molecule has 6 nitrogen and oxygen atoms in total.